The van der Waals surface area contributed by atoms with E-state index in [9.17, 15) is 9.59 Å². The molecule has 0 saturated carbocycles. The summed E-state index contributed by atoms with van der Waals surface area (Å²) >= 11 is 0. The molecular formula is C21H29N3O5. The van der Waals surface area contributed by atoms with Crippen LogP contribution >= 0.6 is 0 Å². The Morgan fingerprint density at radius 1 is 1.03 bits per heavy atom. The molecule has 0 bridgehead atoms. The Balaban J connectivity index is 2.38. The molecule has 0 aliphatic heterocycles. The van der Waals surface area contributed by atoms with E-state index in [1.165, 1.54) is 4.68 Å². The first-order chi connectivity index (χ1) is 14.0. The maximum Gasteiger partial charge on any atom is 0.344 e. The third-order valence-electron chi connectivity index (χ3n) is 4.15. The maximum atomic E-state index is 12.0. The number of esters is 2. The molecule has 29 heavy (non-hydrogen) atoms. The number of nitrogens with zero attached hydrogens (tertiary/aromatic N) is 2. The van der Waals surface area contributed by atoms with Crippen LogP contribution in [0.4, 0.5) is 5.69 Å². The molecule has 2 N–H and O–H groups in total. The van der Waals surface area contributed by atoms with Gasteiger partial charge in [0.25, 0.3) is 0 Å². The SMILES string of the molecule is CCCc1nn(CC(=O)OCC)c(OCC(=O)OCC)c1Cc1ccc(N)cc1. The summed E-state index contributed by atoms with van der Waals surface area (Å²) in [6, 6.07) is 7.53. The van der Waals surface area contributed by atoms with Crippen LogP contribution in [-0.4, -0.2) is 41.5 Å². The van der Waals surface area contributed by atoms with Gasteiger partial charge in [-0.05, 0) is 38.0 Å². The summed E-state index contributed by atoms with van der Waals surface area (Å²) in [6.07, 6.45) is 2.13. The number of carbonyl (C=O) groups excluding carboxylic acids is 2. The average molecular weight is 403 g/mol. The lowest BCUT2D eigenvalue weighted by molar-refractivity contribution is -0.145. The number of ether oxygens (including phenoxy) is 3. The second-order valence-electron chi connectivity index (χ2n) is 6.46. The van der Waals surface area contributed by atoms with Crippen molar-refractivity contribution >= 4 is 17.6 Å². The Morgan fingerprint density at radius 3 is 2.31 bits per heavy atom. The largest absolute Gasteiger partial charge is 0.466 e. The highest BCUT2D eigenvalue weighted by molar-refractivity contribution is 5.71. The zero-order valence-electron chi connectivity index (χ0n) is 17.3. The number of carbonyl (C=O) groups is 2. The first-order valence-electron chi connectivity index (χ1n) is 9.85. The molecule has 1 aromatic carbocycles. The van der Waals surface area contributed by atoms with E-state index in [-0.39, 0.29) is 26.4 Å². The number of aryl methyl sites for hydroxylation is 1. The molecule has 8 heteroatoms. The molecule has 2 aromatic rings. The highest BCUT2D eigenvalue weighted by Gasteiger charge is 2.22. The van der Waals surface area contributed by atoms with E-state index in [4.69, 9.17) is 19.9 Å². The van der Waals surface area contributed by atoms with Gasteiger partial charge in [0.05, 0.1) is 18.9 Å². The minimum atomic E-state index is -0.480. The van der Waals surface area contributed by atoms with E-state index in [1.807, 2.05) is 24.3 Å². The molecule has 0 fully saturated rings. The summed E-state index contributed by atoms with van der Waals surface area (Å²) < 4.78 is 17.2. The number of nitrogens with two attached hydrogens (primary N) is 1. The van der Waals surface area contributed by atoms with Crippen LogP contribution in [0.5, 0.6) is 5.88 Å². The van der Waals surface area contributed by atoms with Gasteiger partial charge in [0.15, 0.2) is 6.61 Å². The number of aromatic nitrogens is 2. The molecule has 0 aliphatic carbocycles. The molecule has 0 saturated heterocycles. The van der Waals surface area contributed by atoms with Crippen molar-refractivity contribution in [1.82, 2.24) is 9.78 Å². The van der Waals surface area contributed by atoms with Crippen molar-refractivity contribution < 1.29 is 23.8 Å². The Bertz CT molecular complexity index is 814. The Kier molecular flexibility index (Phi) is 8.51. The second-order valence-corrected chi connectivity index (χ2v) is 6.46. The highest BCUT2D eigenvalue weighted by atomic mass is 16.6. The fourth-order valence-electron chi connectivity index (χ4n) is 2.91. The summed E-state index contributed by atoms with van der Waals surface area (Å²) in [5.41, 5.74) is 9.15. The number of benzene rings is 1. The lowest BCUT2D eigenvalue weighted by Gasteiger charge is -2.11. The monoisotopic (exact) mass is 403 g/mol. The van der Waals surface area contributed by atoms with E-state index in [1.54, 1.807) is 13.8 Å². The van der Waals surface area contributed by atoms with E-state index < -0.39 is 11.9 Å². The number of anilines is 1. The zero-order valence-corrected chi connectivity index (χ0v) is 17.3. The molecule has 0 spiro atoms. The van der Waals surface area contributed by atoms with Crippen LogP contribution in [0.2, 0.25) is 0 Å². The third-order valence-corrected chi connectivity index (χ3v) is 4.15. The Morgan fingerprint density at radius 2 is 1.69 bits per heavy atom. The van der Waals surface area contributed by atoms with Gasteiger partial charge in [0, 0.05) is 17.7 Å². The lowest BCUT2D eigenvalue weighted by Crippen LogP contribution is -2.19. The Labute approximate surface area is 170 Å². The highest BCUT2D eigenvalue weighted by Crippen LogP contribution is 2.27. The normalized spacial score (nSPS) is 10.6. The standard InChI is InChI=1S/C21H29N3O5/c1-4-7-18-17(12-15-8-10-16(22)11-9-15)21(29-14-20(26)28-6-3)24(23-18)13-19(25)27-5-2/h8-11H,4-7,12-14,22H2,1-3H3. The summed E-state index contributed by atoms with van der Waals surface area (Å²) in [5, 5.41) is 4.57. The van der Waals surface area contributed by atoms with Crippen LogP contribution in [0.3, 0.4) is 0 Å². The van der Waals surface area contributed by atoms with Gasteiger partial charge in [0.2, 0.25) is 5.88 Å². The zero-order chi connectivity index (χ0) is 21.2. The van der Waals surface area contributed by atoms with Crippen LogP contribution < -0.4 is 10.5 Å². The molecular weight excluding hydrogens is 374 g/mol. The van der Waals surface area contributed by atoms with E-state index in [2.05, 4.69) is 12.0 Å². The van der Waals surface area contributed by atoms with Gasteiger partial charge in [0.1, 0.15) is 6.54 Å². The van der Waals surface area contributed by atoms with Crippen molar-refractivity contribution in [3.63, 3.8) is 0 Å². The van der Waals surface area contributed by atoms with Crippen molar-refractivity contribution in [2.45, 2.75) is 46.6 Å². The average Bonchev–Trinajstić information content (AvgIpc) is 2.98. The molecule has 0 radical (unpaired) electrons. The maximum absolute atomic E-state index is 12.0. The smallest absolute Gasteiger partial charge is 0.344 e. The van der Waals surface area contributed by atoms with E-state index in [0.717, 1.165) is 29.7 Å². The summed E-state index contributed by atoms with van der Waals surface area (Å²) in [6.45, 7) is 5.72. The fraction of sp³-hybridized carbons (Fsp3) is 0.476. The number of nitrogen functional groups attached to an aromatic ring is 1. The van der Waals surface area contributed by atoms with Gasteiger partial charge < -0.3 is 19.9 Å². The molecule has 8 nitrogen and oxygen atoms in total. The molecule has 0 amide bonds. The van der Waals surface area contributed by atoms with Crippen molar-refractivity contribution in [3.05, 3.63) is 41.1 Å². The molecule has 158 valence electrons. The number of hydrogen-bond donors (Lipinski definition) is 1. The minimum absolute atomic E-state index is 0.0928. The third kappa shape index (κ3) is 6.51. The quantitative estimate of drug-likeness (QED) is 0.454. The second kappa shape index (κ2) is 11.1. The van der Waals surface area contributed by atoms with Crippen LogP contribution in [-0.2, 0) is 38.4 Å². The fourth-order valence-corrected chi connectivity index (χ4v) is 2.91. The van der Waals surface area contributed by atoms with Crippen LogP contribution in [0.1, 0.15) is 44.0 Å². The summed E-state index contributed by atoms with van der Waals surface area (Å²) in [5.74, 6) is -0.517. The first kappa shape index (κ1) is 22.3. The lowest BCUT2D eigenvalue weighted by atomic mass is 10.0. The van der Waals surface area contributed by atoms with Gasteiger partial charge in [-0.25, -0.2) is 9.48 Å². The topological polar surface area (TPSA) is 106 Å². The van der Waals surface area contributed by atoms with E-state index in [0.29, 0.717) is 18.0 Å². The molecule has 2 rings (SSSR count). The molecule has 0 unspecified atom stereocenters. The van der Waals surface area contributed by atoms with Crippen molar-refractivity contribution in [3.8, 4) is 5.88 Å². The van der Waals surface area contributed by atoms with Gasteiger partial charge in [-0.15, -0.1) is 0 Å². The molecule has 0 atom stereocenters. The molecule has 1 heterocycles. The van der Waals surface area contributed by atoms with Crippen LogP contribution in [0, 0.1) is 0 Å². The van der Waals surface area contributed by atoms with Crippen molar-refractivity contribution in [2.24, 2.45) is 0 Å². The first-order valence-corrected chi connectivity index (χ1v) is 9.85. The summed E-state index contributed by atoms with van der Waals surface area (Å²) in [7, 11) is 0. The van der Waals surface area contributed by atoms with Crippen molar-refractivity contribution in [1.29, 1.82) is 0 Å². The van der Waals surface area contributed by atoms with Crippen LogP contribution in [0.15, 0.2) is 24.3 Å². The number of rotatable bonds is 11. The Hall–Kier alpha value is -3.03. The van der Waals surface area contributed by atoms with Crippen LogP contribution in [0.25, 0.3) is 0 Å². The van der Waals surface area contributed by atoms with Gasteiger partial charge in [-0.2, -0.15) is 5.10 Å². The van der Waals surface area contributed by atoms with Crippen molar-refractivity contribution in [2.75, 3.05) is 25.6 Å². The van der Waals surface area contributed by atoms with Gasteiger partial charge >= 0.3 is 11.9 Å². The molecule has 0 aliphatic rings. The van der Waals surface area contributed by atoms with Gasteiger partial charge in [-0.1, -0.05) is 25.5 Å². The number of hydrogen-bond acceptors (Lipinski definition) is 7. The van der Waals surface area contributed by atoms with E-state index >= 15 is 0 Å². The minimum Gasteiger partial charge on any atom is -0.466 e. The predicted molar refractivity (Wildman–Crippen MR) is 109 cm³/mol. The predicted octanol–water partition coefficient (Wildman–Crippen LogP) is 2.51. The van der Waals surface area contributed by atoms with Gasteiger partial charge in [-0.3, -0.25) is 4.79 Å². The summed E-state index contributed by atoms with van der Waals surface area (Å²) in [4.78, 5) is 23.8. The molecule has 1 aromatic heterocycles.